The van der Waals surface area contributed by atoms with Gasteiger partial charge in [0.15, 0.2) is 0 Å². The standard InChI is InChI=1S/C15H16ClN3O/c16-12-6-2-1-5-11(12)9-15(20)18-14-10-17-13-7-3-4-8-19(13)14/h1-2,5-6,10H,3-4,7-9H2,(H,18,20). The minimum Gasteiger partial charge on any atom is -0.315 e. The van der Waals surface area contributed by atoms with Gasteiger partial charge >= 0.3 is 0 Å². The molecular weight excluding hydrogens is 274 g/mol. The number of imidazole rings is 1. The first-order valence-corrected chi connectivity index (χ1v) is 7.19. The van der Waals surface area contributed by atoms with Crippen molar-refractivity contribution in [2.45, 2.75) is 32.2 Å². The number of rotatable bonds is 3. The van der Waals surface area contributed by atoms with Gasteiger partial charge in [0.2, 0.25) is 5.91 Å². The fourth-order valence-corrected chi connectivity index (χ4v) is 2.72. The van der Waals surface area contributed by atoms with Gasteiger partial charge in [0.25, 0.3) is 0 Å². The maximum atomic E-state index is 12.1. The third-order valence-electron chi connectivity index (χ3n) is 3.55. The van der Waals surface area contributed by atoms with Crippen LogP contribution < -0.4 is 5.32 Å². The van der Waals surface area contributed by atoms with Crippen LogP contribution in [0.15, 0.2) is 30.5 Å². The number of halogens is 1. The fraction of sp³-hybridized carbons (Fsp3) is 0.333. The van der Waals surface area contributed by atoms with Crippen molar-refractivity contribution < 1.29 is 4.79 Å². The predicted octanol–water partition coefficient (Wildman–Crippen LogP) is 3.05. The number of anilines is 1. The lowest BCUT2D eigenvalue weighted by molar-refractivity contribution is -0.115. The van der Waals surface area contributed by atoms with Crippen molar-refractivity contribution in [2.24, 2.45) is 0 Å². The van der Waals surface area contributed by atoms with Gasteiger partial charge in [-0.15, -0.1) is 0 Å². The molecule has 1 aliphatic heterocycles. The van der Waals surface area contributed by atoms with Crippen LogP contribution in [0.4, 0.5) is 5.82 Å². The van der Waals surface area contributed by atoms with E-state index in [2.05, 4.69) is 14.9 Å². The zero-order valence-electron chi connectivity index (χ0n) is 11.1. The zero-order valence-corrected chi connectivity index (χ0v) is 11.9. The van der Waals surface area contributed by atoms with Crippen molar-refractivity contribution in [3.8, 4) is 0 Å². The van der Waals surface area contributed by atoms with Crippen molar-refractivity contribution in [3.05, 3.63) is 46.9 Å². The van der Waals surface area contributed by atoms with E-state index in [9.17, 15) is 4.79 Å². The van der Waals surface area contributed by atoms with E-state index in [1.54, 1.807) is 12.3 Å². The highest BCUT2D eigenvalue weighted by Gasteiger charge is 2.16. The molecule has 0 bridgehead atoms. The van der Waals surface area contributed by atoms with Crippen LogP contribution in [-0.2, 0) is 24.2 Å². The average Bonchev–Trinajstić information content (AvgIpc) is 2.85. The van der Waals surface area contributed by atoms with Gasteiger partial charge in [0.05, 0.1) is 12.6 Å². The highest BCUT2D eigenvalue weighted by atomic mass is 35.5. The summed E-state index contributed by atoms with van der Waals surface area (Å²) in [6.45, 7) is 0.928. The highest BCUT2D eigenvalue weighted by Crippen LogP contribution is 2.20. The number of aromatic nitrogens is 2. The number of aryl methyl sites for hydroxylation is 1. The summed E-state index contributed by atoms with van der Waals surface area (Å²) in [7, 11) is 0. The van der Waals surface area contributed by atoms with Crippen molar-refractivity contribution >= 4 is 23.3 Å². The van der Waals surface area contributed by atoms with Crippen LogP contribution in [-0.4, -0.2) is 15.5 Å². The molecular formula is C15H16ClN3O. The first-order valence-electron chi connectivity index (χ1n) is 6.82. The molecule has 0 atom stereocenters. The number of nitrogens with zero attached hydrogens (tertiary/aromatic N) is 2. The predicted molar refractivity (Wildman–Crippen MR) is 79.0 cm³/mol. The SMILES string of the molecule is O=C(Cc1ccccc1Cl)Nc1cnc2n1CCCC2. The van der Waals surface area contributed by atoms with Crippen molar-refractivity contribution in [1.82, 2.24) is 9.55 Å². The molecule has 104 valence electrons. The number of hydrogen-bond acceptors (Lipinski definition) is 2. The highest BCUT2D eigenvalue weighted by molar-refractivity contribution is 6.31. The molecule has 0 radical (unpaired) electrons. The fourth-order valence-electron chi connectivity index (χ4n) is 2.52. The van der Waals surface area contributed by atoms with Crippen LogP contribution in [0.3, 0.4) is 0 Å². The number of hydrogen-bond donors (Lipinski definition) is 1. The van der Waals surface area contributed by atoms with Crippen molar-refractivity contribution in [3.63, 3.8) is 0 Å². The van der Waals surface area contributed by atoms with E-state index >= 15 is 0 Å². The topological polar surface area (TPSA) is 46.9 Å². The molecule has 0 aliphatic carbocycles. The van der Waals surface area contributed by atoms with Gasteiger partial charge in [-0.05, 0) is 24.5 Å². The van der Waals surface area contributed by atoms with E-state index in [0.717, 1.165) is 36.6 Å². The molecule has 1 aliphatic rings. The van der Waals surface area contributed by atoms with Crippen LogP contribution >= 0.6 is 11.6 Å². The van der Waals surface area contributed by atoms with Crippen LogP contribution in [0.2, 0.25) is 5.02 Å². The second kappa shape index (κ2) is 5.67. The van der Waals surface area contributed by atoms with Crippen molar-refractivity contribution in [2.75, 3.05) is 5.32 Å². The monoisotopic (exact) mass is 289 g/mol. The zero-order chi connectivity index (χ0) is 13.9. The van der Waals surface area contributed by atoms with Gasteiger partial charge in [-0.2, -0.15) is 0 Å². The maximum Gasteiger partial charge on any atom is 0.229 e. The molecule has 1 N–H and O–H groups in total. The summed E-state index contributed by atoms with van der Waals surface area (Å²) in [6, 6.07) is 7.41. The Morgan fingerprint density at radius 3 is 3.05 bits per heavy atom. The number of fused-ring (bicyclic) bond motifs is 1. The molecule has 0 saturated heterocycles. The molecule has 3 rings (SSSR count). The summed E-state index contributed by atoms with van der Waals surface area (Å²) < 4.78 is 2.09. The van der Waals surface area contributed by atoms with E-state index in [4.69, 9.17) is 11.6 Å². The van der Waals surface area contributed by atoms with E-state index in [0.29, 0.717) is 5.02 Å². The van der Waals surface area contributed by atoms with Gasteiger partial charge in [0.1, 0.15) is 11.6 Å². The quantitative estimate of drug-likeness (QED) is 0.944. The molecule has 2 aromatic rings. The van der Waals surface area contributed by atoms with Gasteiger partial charge in [0, 0.05) is 18.0 Å². The normalized spacial score (nSPS) is 13.8. The van der Waals surface area contributed by atoms with Crippen LogP contribution in [0.1, 0.15) is 24.2 Å². The lowest BCUT2D eigenvalue weighted by Crippen LogP contribution is -2.19. The van der Waals surface area contributed by atoms with Gasteiger partial charge in [-0.3, -0.25) is 4.79 Å². The van der Waals surface area contributed by atoms with E-state index in [1.165, 1.54) is 6.42 Å². The number of amides is 1. The molecule has 0 saturated carbocycles. The molecule has 5 heteroatoms. The number of carbonyl (C=O) groups excluding carboxylic acids is 1. The van der Waals surface area contributed by atoms with E-state index in [-0.39, 0.29) is 12.3 Å². The molecule has 4 nitrogen and oxygen atoms in total. The van der Waals surface area contributed by atoms with Gasteiger partial charge < -0.3 is 9.88 Å². The molecule has 0 fully saturated rings. The Labute approximate surface area is 122 Å². The Hall–Kier alpha value is -1.81. The van der Waals surface area contributed by atoms with Gasteiger partial charge in [-0.25, -0.2) is 4.98 Å². The number of nitrogens with one attached hydrogen (secondary N) is 1. The smallest absolute Gasteiger partial charge is 0.229 e. The molecule has 20 heavy (non-hydrogen) atoms. The van der Waals surface area contributed by atoms with Crippen LogP contribution in [0.5, 0.6) is 0 Å². The third-order valence-corrected chi connectivity index (χ3v) is 3.92. The minimum absolute atomic E-state index is 0.0635. The van der Waals surface area contributed by atoms with Crippen LogP contribution in [0, 0.1) is 0 Å². The minimum atomic E-state index is -0.0635. The molecule has 2 heterocycles. The lowest BCUT2D eigenvalue weighted by atomic mass is 10.1. The third kappa shape index (κ3) is 2.70. The average molecular weight is 290 g/mol. The summed E-state index contributed by atoms with van der Waals surface area (Å²) in [4.78, 5) is 16.5. The Bertz CT molecular complexity index is 636. The maximum absolute atomic E-state index is 12.1. The lowest BCUT2D eigenvalue weighted by Gasteiger charge is -2.16. The van der Waals surface area contributed by atoms with E-state index < -0.39 is 0 Å². The van der Waals surface area contributed by atoms with Gasteiger partial charge in [-0.1, -0.05) is 29.8 Å². The Balaban J connectivity index is 1.70. The Morgan fingerprint density at radius 2 is 2.20 bits per heavy atom. The second-order valence-corrected chi connectivity index (χ2v) is 5.39. The molecule has 0 spiro atoms. The molecule has 0 unspecified atom stereocenters. The summed E-state index contributed by atoms with van der Waals surface area (Å²) >= 11 is 6.07. The summed E-state index contributed by atoms with van der Waals surface area (Å²) in [5.74, 6) is 1.78. The summed E-state index contributed by atoms with van der Waals surface area (Å²) in [5, 5.41) is 3.55. The second-order valence-electron chi connectivity index (χ2n) is 4.98. The van der Waals surface area contributed by atoms with Crippen molar-refractivity contribution in [1.29, 1.82) is 0 Å². The summed E-state index contributed by atoms with van der Waals surface area (Å²) in [5.41, 5.74) is 0.838. The molecule has 1 amide bonds. The van der Waals surface area contributed by atoms with Crippen LogP contribution in [0.25, 0.3) is 0 Å². The molecule has 1 aromatic carbocycles. The first kappa shape index (κ1) is 13.2. The Morgan fingerprint density at radius 1 is 1.35 bits per heavy atom. The Kier molecular flexibility index (Phi) is 3.74. The summed E-state index contributed by atoms with van der Waals surface area (Å²) in [6.07, 6.45) is 5.31. The largest absolute Gasteiger partial charge is 0.315 e. The number of carbonyl (C=O) groups is 1. The number of benzene rings is 1. The van der Waals surface area contributed by atoms with E-state index in [1.807, 2.05) is 18.2 Å². The first-order chi connectivity index (χ1) is 9.74. The molecule has 1 aromatic heterocycles.